The number of hydrogen-bond donors (Lipinski definition) is 1. The molecule has 1 aliphatic carbocycles. The zero-order valence-electron chi connectivity index (χ0n) is 9.35. The van der Waals surface area contributed by atoms with Crippen LogP contribution in [0.1, 0.15) is 31.2 Å². The Kier molecular flexibility index (Phi) is 3.13. The second kappa shape index (κ2) is 4.56. The zero-order valence-corrected chi connectivity index (χ0v) is 9.35. The van der Waals surface area contributed by atoms with Crippen LogP contribution in [0.2, 0.25) is 0 Å². The lowest BCUT2D eigenvalue weighted by atomic mass is 9.70. The van der Waals surface area contributed by atoms with Crippen molar-refractivity contribution >= 4 is 5.97 Å². The van der Waals surface area contributed by atoms with Crippen molar-refractivity contribution in [1.29, 1.82) is 0 Å². The minimum atomic E-state index is -0.682. The minimum Gasteiger partial charge on any atom is -0.494 e. The Morgan fingerprint density at radius 3 is 2.88 bits per heavy atom. The Labute approximate surface area is 95.0 Å². The predicted molar refractivity (Wildman–Crippen MR) is 60.7 cm³/mol. The first-order valence-electron chi connectivity index (χ1n) is 5.68. The monoisotopic (exact) mass is 220 g/mol. The normalized spacial score (nSPS) is 23.6. The Hall–Kier alpha value is -1.51. The molecule has 1 fully saturated rings. The summed E-state index contributed by atoms with van der Waals surface area (Å²) >= 11 is 0. The summed E-state index contributed by atoms with van der Waals surface area (Å²) < 4.78 is 5.41. The third kappa shape index (κ3) is 2.03. The van der Waals surface area contributed by atoms with E-state index in [4.69, 9.17) is 9.84 Å². The quantitative estimate of drug-likeness (QED) is 0.848. The third-order valence-corrected chi connectivity index (χ3v) is 3.19. The van der Waals surface area contributed by atoms with Crippen molar-refractivity contribution < 1.29 is 14.6 Å². The molecule has 1 aliphatic rings. The van der Waals surface area contributed by atoms with Crippen LogP contribution < -0.4 is 4.74 Å². The Balaban J connectivity index is 2.14. The Morgan fingerprint density at radius 2 is 2.31 bits per heavy atom. The molecule has 0 heterocycles. The highest BCUT2D eigenvalue weighted by atomic mass is 16.5. The van der Waals surface area contributed by atoms with Gasteiger partial charge >= 0.3 is 5.97 Å². The van der Waals surface area contributed by atoms with Gasteiger partial charge in [0.15, 0.2) is 0 Å². The largest absolute Gasteiger partial charge is 0.494 e. The molecule has 1 aromatic rings. The molecule has 2 unspecified atom stereocenters. The molecular formula is C13H16O3. The number of hydrogen-bond acceptors (Lipinski definition) is 2. The van der Waals surface area contributed by atoms with Gasteiger partial charge in [0.1, 0.15) is 5.75 Å². The Bertz CT molecular complexity index is 387. The third-order valence-electron chi connectivity index (χ3n) is 3.19. The van der Waals surface area contributed by atoms with Crippen LogP contribution in [0, 0.1) is 5.92 Å². The maximum atomic E-state index is 10.9. The SMILES string of the molecule is CCOc1cccc(C2CCC2C(=O)O)c1. The number of aliphatic carboxylic acids is 1. The molecule has 2 atom stereocenters. The van der Waals surface area contributed by atoms with E-state index in [0.29, 0.717) is 6.61 Å². The predicted octanol–water partition coefficient (Wildman–Crippen LogP) is 2.66. The van der Waals surface area contributed by atoms with E-state index in [0.717, 1.165) is 24.2 Å². The van der Waals surface area contributed by atoms with Crippen molar-refractivity contribution in [3.63, 3.8) is 0 Å². The van der Waals surface area contributed by atoms with Crippen LogP contribution in [0.15, 0.2) is 24.3 Å². The summed E-state index contributed by atoms with van der Waals surface area (Å²) in [5, 5.41) is 9.01. The van der Waals surface area contributed by atoms with Crippen molar-refractivity contribution in [1.82, 2.24) is 0 Å². The van der Waals surface area contributed by atoms with Gasteiger partial charge in [-0.25, -0.2) is 0 Å². The summed E-state index contributed by atoms with van der Waals surface area (Å²) in [5.74, 6) is 0.101. The van der Waals surface area contributed by atoms with Gasteiger partial charge < -0.3 is 9.84 Å². The van der Waals surface area contributed by atoms with E-state index in [2.05, 4.69) is 0 Å². The second-order valence-corrected chi connectivity index (χ2v) is 4.13. The van der Waals surface area contributed by atoms with E-state index in [1.807, 2.05) is 31.2 Å². The van der Waals surface area contributed by atoms with Crippen molar-refractivity contribution in [3.05, 3.63) is 29.8 Å². The van der Waals surface area contributed by atoms with Gasteiger partial charge in [-0.3, -0.25) is 4.79 Å². The van der Waals surface area contributed by atoms with Gasteiger partial charge in [0.25, 0.3) is 0 Å². The number of carbonyl (C=O) groups is 1. The van der Waals surface area contributed by atoms with Crippen LogP contribution in [0.5, 0.6) is 5.75 Å². The molecule has 0 spiro atoms. The summed E-state index contributed by atoms with van der Waals surface area (Å²) in [6, 6.07) is 7.78. The van der Waals surface area contributed by atoms with Gasteiger partial charge in [-0.15, -0.1) is 0 Å². The lowest BCUT2D eigenvalue weighted by Crippen LogP contribution is -2.30. The fraction of sp³-hybridized carbons (Fsp3) is 0.462. The summed E-state index contributed by atoms with van der Waals surface area (Å²) in [6.45, 7) is 2.58. The molecule has 86 valence electrons. The first-order valence-corrected chi connectivity index (χ1v) is 5.68. The summed E-state index contributed by atoms with van der Waals surface area (Å²) in [5.41, 5.74) is 1.09. The molecule has 0 saturated heterocycles. The van der Waals surface area contributed by atoms with Crippen molar-refractivity contribution in [2.24, 2.45) is 5.92 Å². The van der Waals surface area contributed by atoms with Crippen molar-refractivity contribution in [2.75, 3.05) is 6.61 Å². The molecule has 0 amide bonds. The van der Waals surface area contributed by atoms with Gasteiger partial charge in [-0.05, 0) is 43.4 Å². The summed E-state index contributed by atoms with van der Waals surface area (Å²) in [7, 11) is 0. The van der Waals surface area contributed by atoms with Crippen LogP contribution in [0.3, 0.4) is 0 Å². The van der Waals surface area contributed by atoms with E-state index in [9.17, 15) is 4.79 Å². The summed E-state index contributed by atoms with van der Waals surface area (Å²) in [4.78, 5) is 10.9. The lowest BCUT2D eigenvalue weighted by molar-refractivity contribution is -0.145. The van der Waals surface area contributed by atoms with Crippen LogP contribution in [0.4, 0.5) is 0 Å². The van der Waals surface area contributed by atoms with E-state index in [1.165, 1.54) is 0 Å². The number of ether oxygens (including phenoxy) is 1. The first-order chi connectivity index (χ1) is 7.72. The number of benzene rings is 1. The second-order valence-electron chi connectivity index (χ2n) is 4.13. The van der Waals surface area contributed by atoms with Crippen LogP contribution in [-0.2, 0) is 4.79 Å². The van der Waals surface area contributed by atoms with E-state index in [-0.39, 0.29) is 11.8 Å². The highest BCUT2D eigenvalue weighted by Gasteiger charge is 2.37. The molecule has 16 heavy (non-hydrogen) atoms. The lowest BCUT2D eigenvalue weighted by Gasteiger charge is -2.33. The highest BCUT2D eigenvalue weighted by Crippen LogP contribution is 2.43. The van der Waals surface area contributed by atoms with Gasteiger partial charge in [0, 0.05) is 0 Å². The van der Waals surface area contributed by atoms with Crippen molar-refractivity contribution in [2.45, 2.75) is 25.7 Å². The molecule has 0 aromatic heterocycles. The molecule has 1 N–H and O–H groups in total. The van der Waals surface area contributed by atoms with Gasteiger partial charge in [-0.1, -0.05) is 12.1 Å². The van der Waals surface area contributed by atoms with E-state index in [1.54, 1.807) is 0 Å². The molecule has 0 radical (unpaired) electrons. The van der Waals surface area contributed by atoms with Gasteiger partial charge in [0.2, 0.25) is 0 Å². The molecule has 1 aromatic carbocycles. The van der Waals surface area contributed by atoms with E-state index < -0.39 is 5.97 Å². The minimum absolute atomic E-state index is 0.165. The average molecular weight is 220 g/mol. The molecule has 2 rings (SSSR count). The number of carboxylic acid groups (broad SMARTS) is 1. The molecule has 1 saturated carbocycles. The van der Waals surface area contributed by atoms with Crippen LogP contribution >= 0.6 is 0 Å². The maximum absolute atomic E-state index is 10.9. The fourth-order valence-electron chi connectivity index (χ4n) is 2.20. The zero-order chi connectivity index (χ0) is 11.5. The standard InChI is InChI=1S/C13H16O3/c1-2-16-10-5-3-4-9(8-10)11-6-7-12(11)13(14)15/h3-5,8,11-12H,2,6-7H2,1H3,(H,14,15). The number of carboxylic acids is 1. The molecule has 3 nitrogen and oxygen atoms in total. The van der Waals surface area contributed by atoms with Crippen LogP contribution in [0.25, 0.3) is 0 Å². The molecule has 3 heteroatoms. The molecule has 0 aliphatic heterocycles. The van der Waals surface area contributed by atoms with E-state index >= 15 is 0 Å². The fourth-order valence-corrected chi connectivity index (χ4v) is 2.20. The van der Waals surface area contributed by atoms with Crippen LogP contribution in [-0.4, -0.2) is 17.7 Å². The molecule has 0 bridgehead atoms. The highest BCUT2D eigenvalue weighted by molar-refractivity contribution is 5.72. The number of rotatable bonds is 4. The topological polar surface area (TPSA) is 46.5 Å². The maximum Gasteiger partial charge on any atom is 0.307 e. The van der Waals surface area contributed by atoms with Gasteiger partial charge in [0.05, 0.1) is 12.5 Å². The summed E-state index contributed by atoms with van der Waals surface area (Å²) in [6.07, 6.45) is 1.76. The molecular weight excluding hydrogens is 204 g/mol. The Morgan fingerprint density at radius 1 is 1.50 bits per heavy atom. The van der Waals surface area contributed by atoms with Gasteiger partial charge in [-0.2, -0.15) is 0 Å². The first kappa shape index (κ1) is 11.0. The average Bonchev–Trinajstić information content (AvgIpc) is 2.16. The smallest absolute Gasteiger partial charge is 0.307 e. The van der Waals surface area contributed by atoms with Crippen molar-refractivity contribution in [3.8, 4) is 5.75 Å².